The van der Waals surface area contributed by atoms with Crippen LogP contribution in [-0.4, -0.2) is 41.9 Å². The SMILES string of the molecule is CN=C(NCCc1nc(C(F)(F)F)cs1)NCc1ccccc1CN1CCCC1=O.I. The van der Waals surface area contributed by atoms with E-state index in [2.05, 4.69) is 20.6 Å². The van der Waals surface area contributed by atoms with Crippen molar-refractivity contribution in [2.75, 3.05) is 20.1 Å². The zero-order chi connectivity index (χ0) is 21.6. The lowest BCUT2D eigenvalue weighted by atomic mass is 10.1. The smallest absolute Gasteiger partial charge is 0.356 e. The molecule has 0 bridgehead atoms. The lowest BCUT2D eigenvalue weighted by Gasteiger charge is -2.19. The highest BCUT2D eigenvalue weighted by Gasteiger charge is 2.33. The van der Waals surface area contributed by atoms with Crippen LogP contribution in [0.5, 0.6) is 0 Å². The molecule has 2 aromatic rings. The Morgan fingerprint density at radius 1 is 1.26 bits per heavy atom. The molecule has 3 rings (SSSR count). The minimum atomic E-state index is -4.41. The van der Waals surface area contributed by atoms with Crippen LogP contribution in [0.1, 0.15) is 34.7 Å². The second-order valence-corrected chi connectivity index (χ2v) is 7.86. The summed E-state index contributed by atoms with van der Waals surface area (Å²) in [5.74, 6) is 0.737. The number of halogens is 4. The second kappa shape index (κ2) is 11.7. The van der Waals surface area contributed by atoms with Crippen LogP contribution < -0.4 is 10.6 Å². The fourth-order valence-electron chi connectivity index (χ4n) is 3.20. The van der Waals surface area contributed by atoms with E-state index in [4.69, 9.17) is 0 Å². The molecule has 0 radical (unpaired) electrons. The van der Waals surface area contributed by atoms with Crippen LogP contribution in [0.3, 0.4) is 0 Å². The summed E-state index contributed by atoms with van der Waals surface area (Å²) in [6.45, 7) is 2.31. The van der Waals surface area contributed by atoms with Gasteiger partial charge in [0.05, 0.1) is 5.01 Å². The largest absolute Gasteiger partial charge is 0.434 e. The van der Waals surface area contributed by atoms with Gasteiger partial charge >= 0.3 is 6.18 Å². The highest BCUT2D eigenvalue weighted by atomic mass is 127. The summed E-state index contributed by atoms with van der Waals surface area (Å²) >= 11 is 0.999. The van der Waals surface area contributed by atoms with Crippen molar-refractivity contribution < 1.29 is 18.0 Å². The van der Waals surface area contributed by atoms with Crippen LogP contribution in [-0.2, 0) is 30.5 Å². The Bertz CT molecular complexity index is 903. The highest BCUT2D eigenvalue weighted by molar-refractivity contribution is 14.0. The maximum Gasteiger partial charge on any atom is 0.434 e. The molecule has 1 fully saturated rings. The van der Waals surface area contributed by atoms with Crippen molar-refractivity contribution in [1.29, 1.82) is 0 Å². The fraction of sp³-hybridized carbons (Fsp3) is 0.450. The van der Waals surface area contributed by atoms with Gasteiger partial charge in [0, 0.05) is 51.4 Å². The number of thiazole rings is 1. The monoisotopic (exact) mass is 567 g/mol. The van der Waals surface area contributed by atoms with Gasteiger partial charge in [-0.25, -0.2) is 4.98 Å². The van der Waals surface area contributed by atoms with Gasteiger partial charge in [-0.15, -0.1) is 35.3 Å². The molecule has 0 saturated carbocycles. The molecule has 1 saturated heterocycles. The van der Waals surface area contributed by atoms with Crippen LogP contribution in [0.25, 0.3) is 0 Å². The first-order valence-electron chi connectivity index (χ1n) is 9.67. The average Bonchev–Trinajstić information content (AvgIpc) is 3.35. The van der Waals surface area contributed by atoms with Crippen LogP contribution in [0.15, 0.2) is 34.6 Å². The van der Waals surface area contributed by atoms with E-state index in [1.54, 1.807) is 7.05 Å². The summed E-state index contributed by atoms with van der Waals surface area (Å²) in [6.07, 6.45) is -2.53. The van der Waals surface area contributed by atoms with Gasteiger partial charge in [0.2, 0.25) is 5.91 Å². The first-order chi connectivity index (χ1) is 14.4. The number of aromatic nitrogens is 1. The van der Waals surface area contributed by atoms with Crippen LogP contribution in [0.4, 0.5) is 13.2 Å². The molecule has 31 heavy (non-hydrogen) atoms. The fourth-order valence-corrected chi connectivity index (χ4v) is 4.01. The third kappa shape index (κ3) is 7.34. The number of hydrogen-bond donors (Lipinski definition) is 2. The first-order valence-corrected chi connectivity index (χ1v) is 10.6. The Labute approximate surface area is 200 Å². The molecule has 170 valence electrons. The normalized spacial score (nSPS) is 14.5. The Balaban J connectivity index is 0.00000341. The van der Waals surface area contributed by atoms with Crippen molar-refractivity contribution in [2.24, 2.45) is 4.99 Å². The summed E-state index contributed by atoms with van der Waals surface area (Å²) in [5, 5.41) is 7.77. The van der Waals surface area contributed by atoms with E-state index in [1.807, 2.05) is 29.2 Å². The number of aliphatic imine (C=N–C) groups is 1. The van der Waals surface area contributed by atoms with Crippen LogP contribution >= 0.6 is 35.3 Å². The van der Waals surface area contributed by atoms with Crippen LogP contribution in [0, 0.1) is 0 Å². The van der Waals surface area contributed by atoms with Crippen molar-refractivity contribution in [3.8, 4) is 0 Å². The van der Waals surface area contributed by atoms with Crippen LogP contribution in [0.2, 0.25) is 0 Å². The summed E-state index contributed by atoms with van der Waals surface area (Å²) < 4.78 is 37.9. The summed E-state index contributed by atoms with van der Waals surface area (Å²) in [6, 6.07) is 7.92. The minimum absolute atomic E-state index is 0. The number of rotatable bonds is 7. The Hall–Kier alpha value is -1.89. The summed E-state index contributed by atoms with van der Waals surface area (Å²) in [4.78, 5) is 21.6. The van der Waals surface area contributed by atoms with Gasteiger partial charge in [0.25, 0.3) is 0 Å². The van der Waals surface area contributed by atoms with Crippen molar-refractivity contribution >= 4 is 47.2 Å². The third-order valence-electron chi connectivity index (χ3n) is 4.79. The maximum atomic E-state index is 12.6. The molecule has 2 heterocycles. The summed E-state index contributed by atoms with van der Waals surface area (Å²) in [7, 11) is 1.63. The number of alkyl halides is 3. The van der Waals surface area contributed by atoms with E-state index >= 15 is 0 Å². The molecule has 0 unspecified atom stereocenters. The van der Waals surface area contributed by atoms with E-state index in [9.17, 15) is 18.0 Å². The number of likely N-dealkylation sites (tertiary alicyclic amines) is 1. The quantitative estimate of drug-likeness (QED) is 0.304. The molecule has 1 aliphatic rings. The number of amides is 1. The van der Waals surface area contributed by atoms with Gasteiger partial charge in [-0.05, 0) is 17.5 Å². The number of nitrogens with zero attached hydrogens (tertiary/aromatic N) is 3. The summed E-state index contributed by atoms with van der Waals surface area (Å²) in [5.41, 5.74) is 1.30. The predicted molar refractivity (Wildman–Crippen MR) is 126 cm³/mol. The Morgan fingerprint density at radius 2 is 2.00 bits per heavy atom. The van der Waals surface area contributed by atoms with Gasteiger partial charge in [-0.2, -0.15) is 13.2 Å². The minimum Gasteiger partial charge on any atom is -0.356 e. The van der Waals surface area contributed by atoms with Crippen molar-refractivity contribution in [1.82, 2.24) is 20.5 Å². The predicted octanol–water partition coefficient (Wildman–Crippen LogP) is 3.81. The van der Waals surface area contributed by atoms with E-state index in [1.165, 1.54) is 0 Å². The number of carbonyl (C=O) groups excluding carboxylic acids is 1. The maximum absolute atomic E-state index is 12.6. The molecule has 1 aliphatic heterocycles. The van der Waals surface area contributed by atoms with E-state index in [0.29, 0.717) is 43.4 Å². The highest BCUT2D eigenvalue weighted by Crippen LogP contribution is 2.30. The molecule has 0 atom stereocenters. The molecular formula is C20H25F3IN5OS. The lowest BCUT2D eigenvalue weighted by Crippen LogP contribution is -2.38. The molecule has 1 aromatic carbocycles. The first kappa shape index (κ1) is 25.4. The van der Waals surface area contributed by atoms with Gasteiger partial charge in [0.1, 0.15) is 0 Å². The number of nitrogens with one attached hydrogen (secondary N) is 2. The number of guanidine groups is 1. The van der Waals surface area contributed by atoms with E-state index < -0.39 is 11.9 Å². The van der Waals surface area contributed by atoms with Gasteiger partial charge in [-0.3, -0.25) is 9.79 Å². The zero-order valence-corrected chi connectivity index (χ0v) is 20.2. The average molecular weight is 567 g/mol. The van der Waals surface area contributed by atoms with Gasteiger partial charge in [-0.1, -0.05) is 24.3 Å². The number of benzene rings is 1. The van der Waals surface area contributed by atoms with Gasteiger partial charge in [0.15, 0.2) is 11.7 Å². The number of hydrogen-bond acceptors (Lipinski definition) is 4. The Morgan fingerprint density at radius 3 is 2.61 bits per heavy atom. The topological polar surface area (TPSA) is 69.6 Å². The molecule has 1 amide bonds. The molecule has 11 heteroatoms. The second-order valence-electron chi connectivity index (χ2n) is 6.91. The van der Waals surface area contributed by atoms with E-state index in [-0.39, 0.29) is 29.9 Å². The van der Waals surface area contributed by atoms with Gasteiger partial charge < -0.3 is 15.5 Å². The van der Waals surface area contributed by atoms with Crippen molar-refractivity contribution in [3.05, 3.63) is 51.5 Å². The lowest BCUT2D eigenvalue weighted by molar-refractivity contribution is -0.140. The molecule has 0 spiro atoms. The van der Waals surface area contributed by atoms with Crippen molar-refractivity contribution in [2.45, 2.75) is 38.5 Å². The molecule has 1 aromatic heterocycles. The molecule has 6 nitrogen and oxygen atoms in total. The number of carbonyl (C=O) groups is 1. The molecule has 0 aliphatic carbocycles. The molecule has 2 N–H and O–H groups in total. The Kier molecular flexibility index (Phi) is 9.54. The standard InChI is InChI=1S/C20H24F3N5OS.HI/c1-24-19(25-9-8-17-27-16(13-30-17)20(21,22)23)26-11-14-5-2-3-6-15(14)12-28-10-4-7-18(28)29;/h2-3,5-6,13H,4,7-12H2,1H3,(H2,24,25,26);1H. The third-order valence-corrected chi connectivity index (χ3v) is 5.70. The zero-order valence-electron chi connectivity index (χ0n) is 17.0. The molecular weight excluding hydrogens is 542 g/mol. The van der Waals surface area contributed by atoms with E-state index in [0.717, 1.165) is 40.8 Å². The van der Waals surface area contributed by atoms with Crippen molar-refractivity contribution in [3.63, 3.8) is 0 Å².